The van der Waals surface area contributed by atoms with Crippen LogP contribution in [0.1, 0.15) is 52.4 Å². The molecule has 1 saturated heterocycles. The van der Waals surface area contributed by atoms with Crippen LogP contribution < -0.4 is 5.32 Å². The van der Waals surface area contributed by atoms with E-state index in [1.165, 1.54) is 19.3 Å². The first-order valence-corrected chi connectivity index (χ1v) is 8.43. The van der Waals surface area contributed by atoms with Crippen molar-refractivity contribution in [1.29, 1.82) is 0 Å². The van der Waals surface area contributed by atoms with Crippen LogP contribution in [0.25, 0.3) is 0 Å². The fraction of sp³-hybridized carbons (Fsp3) is 1.00. The van der Waals surface area contributed by atoms with E-state index < -0.39 is 0 Å². The van der Waals surface area contributed by atoms with Crippen LogP contribution in [-0.4, -0.2) is 50.7 Å². The molecule has 0 aromatic carbocycles. The average molecular weight is 285 g/mol. The van der Waals surface area contributed by atoms with Gasteiger partial charge >= 0.3 is 0 Å². The van der Waals surface area contributed by atoms with Crippen molar-refractivity contribution in [2.75, 3.05) is 26.4 Å². The summed E-state index contributed by atoms with van der Waals surface area (Å²) in [7, 11) is 0. The number of hydrogen-bond acceptors (Lipinski definition) is 4. The zero-order valence-corrected chi connectivity index (χ0v) is 13.1. The molecule has 2 rings (SSSR count). The largest absolute Gasteiger partial charge is 0.376 e. The lowest BCUT2D eigenvalue weighted by molar-refractivity contribution is -0.165. The minimum Gasteiger partial charge on any atom is -0.376 e. The van der Waals surface area contributed by atoms with Crippen molar-refractivity contribution in [2.45, 2.75) is 76.7 Å². The monoisotopic (exact) mass is 285 g/mol. The summed E-state index contributed by atoms with van der Waals surface area (Å²) in [6.07, 6.45) is 7.70. The second-order valence-electron chi connectivity index (χ2n) is 5.99. The minimum atomic E-state index is 0.227. The standard InChI is InChI=1S/C16H31NO3/c1-3-8-17-14-11-15(16(14)19-9-4-2)20-12-13-7-5-6-10-18-13/h13-17H,3-12H2,1-2H3. The molecule has 2 fully saturated rings. The van der Waals surface area contributed by atoms with Gasteiger partial charge in [0.15, 0.2) is 0 Å². The van der Waals surface area contributed by atoms with Crippen LogP contribution in [0.5, 0.6) is 0 Å². The summed E-state index contributed by atoms with van der Waals surface area (Å²) in [5, 5.41) is 3.56. The van der Waals surface area contributed by atoms with Gasteiger partial charge in [-0.15, -0.1) is 0 Å². The molecule has 20 heavy (non-hydrogen) atoms. The van der Waals surface area contributed by atoms with Crippen LogP contribution in [0.2, 0.25) is 0 Å². The molecule has 118 valence electrons. The van der Waals surface area contributed by atoms with E-state index in [0.717, 1.165) is 45.6 Å². The summed E-state index contributed by atoms with van der Waals surface area (Å²) in [4.78, 5) is 0. The highest BCUT2D eigenvalue weighted by atomic mass is 16.6. The molecule has 0 aromatic heterocycles. The van der Waals surface area contributed by atoms with Crippen molar-refractivity contribution < 1.29 is 14.2 Å². The van der Waals surface area contributed by atoms with Gasteiger partial charge in [-0.3, -0.25) is 0 Å². The molecule has 2 aliphatic rings. The van der Waals surface area contributed by atoms with Crippen LogP contribution in [0.3, 0.4) is 0 Å². The molecule has 4 nitrogen and oxygen atoms in total. The van der Waals surface area contributed by atoms with Crippen molar-refractivity contribution in [1.82, 2.24) is 5.32 Å². The molecule has 1 aliphatic heterocycles. The van der Waals surface area contributed by atoms with Crippen molar-refractivity contribution in [2.24, 2.45) is 0 Å². The van der Waals surface area contributed by atoms with E-state index in [0.29, 0.717) is 12.1 Å². The van der Waals surface area contributed by atoms with Gasteiger partial charge in [0.25, 0.3) is 0 Å². The second-order valence-corrected chi connectivity index (χ2v) is 5.99. The Bertz CT molecular complexity index is 256. The Labute approximate surface area is 123 Å². The fourth-order valence-corrected chi connectivity index (χ4v) is 2.92. The van der Waals surface area contributed by atoms with Gasteiger partial charge in [-0.05, 0) is 45.1 Å². The zero-order valence-electron chi connectivity index (χ0n) is 13.1. The quantitative estimate of drug-likeness (QED) is 0.706. The lowest BCUT2D eigenvalue weighted by Gasteiger charge is -2.45. The maximum absolute atomic E-state index is 6.05. The second kappa shape index (κ2) is 8.98. The van der Waals surface area contributed by atoms with Gasteiger partial charge in [0.1, 0.15) is 0 Å². The van der Waals surface area contributed by atoms with E-state index >= 15 is 0 Å². The lowest BCUT2D eigenvalue weighted by atomic mass is 9.85. The fourth-order valence-electron chi connectivity index (χ4n) is 2.92. The molecule has 0 amide bonds. The van der Waals surface area contributed by atoms with E-state index in [2.05, 4.69) is 19.2 Å². The Morgan fingerprint density at radius 1 is 1.15 bits per heavy atom. The number of hydrogen-bond donors (Lipinski definition) is 1. The highest BCUT2D eigenvalue weighted by Crippen LogP contribution is 2.28. The normalized spacial score (nSPS) is 33.9. The predicted octanol–water partition coefficient (Wildman–Crippen LogP) is 2.51. The summed E-state index contributed by atoms with van der Waals surface area (Å²) >= 11 is 0. The minimum absolute atomic E-state index is 0.227. The average Bonchev–Trinajstić information content (AvgIpc) is 2.47. The van der Waals surface area contributed by atoms with Crippen LogP contribution in [0.4, 0.5) is 0 Å². The van der Waals surface area contributed by atoms with E-state index in [1.807, 2.05) is 0 Å². The molecule has 4 atom stereocenters. The van der Waals surface area contributed by atoms with Crippen LogP contribution >= 0.6 is 0 Å². The third-order valence-corrected chi connectivity index (χ3v) is 4.19. The molecule has 1 N–H and O–H groups in total. The summed E-state index contributed by atoms with van der Waals surface area (Å²) in [5.41, 5.74) is 0. The maximum atomic E-state index is 6.05. The van der Waals surface area contributed by atoms with E-state index in [9.17, 15) is 0 Å². The van der Waals surface area contributed by atoms with Crippen LogP contribution in [0, 0.1) is 0 Å². The SMILES string of the molecule is CCCNC1CC(OCC2CCCCO2)C1OCCC. The summed E-state index contributed by atoms with van der Waals surface area (Å²) in [6, 6.07) is 0.471. The molecule has 1 saturated carbocycles. The summed E-state index contributed by atoms with van der Waals surface area (Å²) in [5.74, 6) is 0. The molecule has 4 unspecified atom stereocenters. The first-order valence-electron chi connectivity index (χ1n) is 8.43. The topological polar surface area (TPSA) is 39.7 Å². The smallest absolute Gasteiger partial charge is 0.0990 e. The first-order chi connectivity index (χ1) is 9.85. The molecule has 0 aromatic rings. The summed E-state index contributed by atoms with van der Waals surface area (Å²) < 4.78 is 17.7. The Morgan fingerprint density at radius 3 is 2.75 bits per heavy atom. The molecular weight excluding hydrogens is 254 g/mol. The van der Waals surface area contributed by atoms with Gasteiger partial charge in [-0.25, -0.2) is 0 Å². The van der Waals surface area contributed by atoms with Crippen LogP contribution in [-0.2, 0) is 14.2 Å². The number of rotatable bonds is 9. The molecule has 1 aliphatic carbocycles. The van der Waals surface area contributed by atoms with Gasteiger partial charge in [0.2, 0.25) is 0 Å². The van der Waals surface area contributed by atoms with E-state index in [1.54, 1.807) is 0 Å². The van der Waals surface area contributed by atoms with Crippen molar-refractivity contribution in [3.63, 3.8) is 0 Å². The Kier molecular flexibility index (Phi) is 7.28. The van der Waals surface area contributed by atoms with Gasteiger partial charge < -0.3 is 19.5 Å². The molecule has 1 heterocycles. The molecular formula is C16H31NO3. The van der Waals surface area contributed by atoms with Gasteiger partial charge in [0.05, 0.1) is 24.9 Å². The van der Waals surface area contributed by atoms with Crippen LogP contribution in [0.15, 0.2) is 0 Å². The van der Waals surface area contributed by atoms with Crippen molar-refractivity contribution in [3.05, 3.63) is 0 Å². The predicted molar refractivity (Wildman–Crippen MR) is 80.1 cm³/mol. The third kappa shape index (κ3) is 4.69. The zero-order chi connectivity index (χ0) is 14.2. The van der Waals surface area contributed by atoms with Gasteiger partial charge in [0, 0.05) is 19.3 Å². The van der Waals surface area contributed by atoms with Gasteiger partial charge in [-0.1, -0.05) is 13.8 Å². The summed E-state index contributed by atoms with van der Waals surface area (Å²) in [6.45, 7) is 7.87. The Hall–Kier alpha value is -0.160. The number of nitrogens with one attached hydrogen (secondary N) is 1. The molecule has 4 heteroatoms. The Balaban J connectivity index is 1.69. The van der Waals surface area contributed by atoms with Crippen molar-refractivity contribution in [3.8, 4) is 0 Å². The van der Waals surface area contributed by atoms with Crippen molar-refractivity contribution >= 4 is 0 Å². The van der Waals surface area contributed by atoms with E-state index in [-0.39, 0.29) is 12.2 Å². The first kappa shape index (κ1) is 16.2. The highest BCUT2D eigenvalue weighted by molar-refractivity contribution is 4.97. The molecule has 0 spiro atoms. The lowest BCUT2D eigenvalue weighted by Crippen LogP contribution is -2.60. The molecule has 0 radical (unpaired) electrons. The van der Waals surface area contributed by atoms with Gasteiger partial charge in [-0.2, -0.15) is 0 Å². The number of ether oxygens (including phenoxy) is 3. The maximum Gasteiger partial charge on any atom is 0.0990 e. The third-order valence-electron chi connectivity index (χ3n) is 4.19. The molecule has 0 bridgehead atoms. The highest BCUT2D eigenvalue weighted by Gasteiger charge is 2.42. The van der Waals surface area contributed by atoms with E-state index in [4.69, 9.17) is 14.2 Å². The Morgan fingerprint density at radius 2 is 2.05 bits per heavy atom.